The molecule has 1 N–H and O–H groups in total. The minimum atomic E-state index is -0.482. The van der Waals surface area contributed by atoms with Crippen molar-refractivity contribution in [3.05, 3.63) is 24.0 Å². The first-order chi connectivity index (χ1) is 10.8. The van der Waals surface area contributed by atoms with Crippen LogP contribution in [0.2, 0.25) is 0 Å². The zero-order valence-electron chi connectivity index (χ0n) is 14.6. The fourth-order valence-electron chi connectivity index (χ4n) is 2.48. The molecule has 1 aromatic rings. The van der Waals surface area contributed by atoms with Crippen molar-refractivity contribution in [1.82, 2.24) is 4.90 Å². The van der Waals surface area contributed by atoms with Crippen molar-refractivity contribution in [2.45, 2.75) is 65.6 Å². The van der Waals surface area contributed by atoms with Crippen LogP contribution in [0, 0.1) is 11.7 Å². The average Bonchev–Trinajstić information content (AvgIpc) is 3.26. The summed E-state index contributed by atoms with van der Waals surface area (Å²) < 4.78 is 19.6. The summed E-state index contributed by atoms with van der Waals surface area (Å²) >= 11 is 0. The van der Waals surface area contributed by atoms with Gasteiger partial charge in [-0.2, -0.15) is 0 Å². The van der Waals surface area contributed by atoms with Gasteiger partial charge in [-0.05, 0) is 51.7 Å². The van der Waals surface area contributed by atoms with Gasteiger partial charge >= 0.3 is 6.03 Å². The van der Waals surface area contributed by atoms with Crippen molar-refractivity contribution in [1.29, 1.82) is 0 Å². The van der Waals surface area contributed by atoms with Gasteiger partial charge in [-0.3, -0.25) is 0 Å². The Labute approximate surface area is 138 Å². The van der Waals surface area contributed by atoms with Crippen LogP contribution in [0.25, 0.3) is 0 Å². The number of halogens is 1. The Bertz CT molecular complexity index is 556. The number of amides is 2. The molecule has 1 fully saturated rings. The zero-order valence-corrected chi connectivity index (χ0v) is 14.6. The number of carbonyl (C=O) groups is 1. The highest BCUT2D eigenvalue weighted by Gasteiger charge is 2.36. The van der Waals surface area contributed by atoms with Crippen LogP contribution in [0.15, 0.2) is 18.2 Å². The monoisotopic (exact) mass is 322 g/mol. The molecule has 4 nitrogen and oxygen atoms in total. The molecular weight excluding hydrogens is 295 g/mol. The van der Waals surface area contributed by atoms with Crippen LogP contribution in [-0.2, 0) is 0 Å². The van der Waals surface area contributed by atoms with Crippen LogP contribution in [0.4, 0.5) is 14.9 Å². The van der Waals surface area contributed by atoms with Gasteiger partial charge in [0.1, 0.15) is 11.6 Å². The fourth-order valence-corrected chi connectivity index (χ4v) is 2.48. The topological polar surface area (TPSA) is 41.6 Å². The van der Waals surface area contributed by atoms with Crippen molar-refractivity contribution in [3.63, 3.8) is 0 Å². The molecule has 0 saturated heterocycles. The van der Waals surface area contributed by atoms with E-state index in [0.29, 0.717) is 11.7 Å². The largest absolute Gasteiger partial charge is 0.491 e. The predicted octanol–water partition coefficient (Wildman–Crippen LogP) is 4.65. The minimum Gasteiger partial charge on any atom is -0.491 e. The van der Waals surface area contributed by atoms with Crippen molar-refractivity contribution in [3.8, 4) is 5.75 Å². The third-order valence-corrected chi connectivity index (χ3v) is 4.13. The minimum absolute atomic E-state index is 0.0212. The standard InChI is InChI=1S/C18H27FN2O2/c1-11(2)13(5)21(14-6-7-14)18(22)20-17-9-8-15(10-16(17)19)23-12(3)4/h8-14H,6-7H2,1-5H3,(H,20,22). The van der Waals surface area contributed by atoms with Gasteiger partial charge < -0.3 is 15.0 Å². The normalized spacial score (nSPS) is 15.7. The second kappa shape index (κ2) is 7.20. The molecule has 1 aliphatic rings. The van der Waals surface area contributed by atoms with E-state index in [2.05, 4.69) is 19.2 Å². The van der Waals surface area contributed by atoms with Crippen molar-refractivity contribution in [2.75, 3.05) is 5.32 Å². The third-order valence-electron chi connectivity index (χ3n) is 4.13. The Morgan fingerprint density at radius 1 is 1.26 bits per heavy atom. The zero-order chi connectivity index (χ0) is 17.1. The summed E-state index contributed by atoms with van der Waals surface area (Å²) in [5, 5.41) is 2.70. The molecule has 0 spiro atoms. The number of nitrogens with one attached hydrogen (secondary N) is 1. The second-order valence-corrected chi connectivity index (χ2v) is 6.86. The molecule has 0 radical (unpaired) electrons. The highest BCUT2D eigenvalue weighted by molar-refractivity contribution is 5.90. The smallest absolute Gasteiger partial charge is 0.322 e. The summed E-state index contributed by atoms with van der Waals surface area (Å²) in [7, 11) is 0. The lowest BCUT2D eigenvalue weighted by Crippen LogP contribution is -2.45. The molecule has 0 heterocycles. The summed E-state index contributed by atoms with van der Waals surface area (Å²) in [6.45, 7) is 9.99. The molecule has 1 atom stereocenters. The van der Waals surface area contributed by atoms with Gasteiger partial charge in [0, 0.05) is 18.2 Å². The molecule has 2 amide bonds. The van der Waals surface area contributed by atoms with E-state index in [4.69, 9.17) is 4.74 Å². The Kier molecular flexibility index (Phi) is 5.50. The molecule has 1 saturated carbocycles. The highest BCUT2D eigenvalue weighted by Crippen LogP contribution is 2.31. The fraction of sp³-hybridized carbons (Fsp3) is 0.611. The number of hydrogen-bond acceptors (Lipinski definition) is 2. The SMILES string of the molecule is CC(C)Oc1ccc(NC(=O)N(C2CC2)C(C)C(C)C)c(F)c1. The summed E-state index contributed by atoms with van der Waals surface area (Å²) in [6.07, 6.45) is 2.02. The lowest BCUT2D eigenvalue weighted by Gasteiger charge is -2.32. The lowest BCUT2D eigenvalue weighted by molar-refractivity contribution is 0.169. The Morgan fingerprint density at radius 3 is 2.39 bits per heavy atom. The molecule has 0 aromatic heterocycles. The summed E-state index contributed by atoms with van der Waals surface area (Å²) in [5.74, 6) is 0.336. The van der Waals surface area contributed by atoms with E-state index >= 15 is 0 Å². The average molecular weight is 322 g/mol. The first kappa shape index (κ1) is 17.6. The van der Waals surface area contributed by atoms with E-state index < -0.39 is 5.82 Å². The van der Waals surface area contributed by atoms with Gasteiger partial charge in [-0.1, -0.05) is 13.8 Å². The van der Waals surface area contributed by atoms with Crippen LogP contribution in [0.3, 0.4) is 0 Å². The quantitative estimate of drug-likeness (QED) is 0.828. The van der Waals surface area contributed by atoms with Crippen LogP contribution in [0.1, 0.15) is 47.5 Å². The number of anilines is 1. The van der Waals surface area contributed by atoms with Crippen LogP contribution < -0.4 is 10.1 Å². The van der Waals surface area contributed by atoms with Crippen LogP contribution >= 0.6 is 0 Å². The molecule has 2 rings (SSSR count). The van der Waals surface area contributed by atoms with Crippen LogP contribution in [-0.4, -0.2) is 29.1 Å². The summed E-state index contributed by atoms with van der Waals surface area (Å²) in [6, 6.07) is 4.70. The molecule has 0 aliphatic heterocycles. The molecule has 5 heteroatoms. The van der Waals surface area contributed by atoms with E-state index in [9.17, 15) is 9.18 Å². The van der Waals surface area contributed by atoms with E-state index in [-0.39, 0.29) is 29.9 Å². The number of rotatable bonds is 6. The molecule has 23 heavy (non-hydrogen) atoms. The van der Waals surface area contributed by atoms with Gasteiger partial charge in [0.15, 0.2) is 0 Å². The number of ether oxygens (including phenoxy) is 1. The predicted molar refractivity (Wildman–Crippen MR) is 90.3 cm³/mol. The van der Waals surface area contributed by atoms with Crippen molar-refractivity contribution >= 4 is 11.7 Å². The summed E-state index contributed by atoms with van der Waals surface area (Å²) in [5.41, 5.74) is 0.188. The maximum atomic E-state index is 14.2. The summed E-state index contributed by atoms with van der Waals surface area (Å²) in [4.78, 5) is 14.4. The number of urea groups is 1. The second-order valence-electron chi connectivity index (χ2n) is 6.86. The van der Waals surface area contributed by atoms with Crippen molar-refractivity contribution < 1.29 is 13.9 Å². The van der Waals surface area contributed by atoms with Gasteiger partial charge in [-0.25, -0.2) is 9.18 Å². The Morgan fingerprint density at radius 2 is 1.91 bits per heavy atom. The van der Waals surface area contributed by atoms with Gasteiger partial charge in [0.2, 0.25) is 0 Å². The molecular formula is C18H27FN2O2. The highest BCUT2D eigenvalue weighted by atomic mass is 19.1. The molecule has 1 unspecified atom stereocenters. The maximum Gasteiger partial charge on any atom is 0.322 e. The van der Waals surface area contributed by atoms with Crippen LogP contribution in [0.5, 0.6) is 5.75 Å². The van der Waals surface area contributed by atoms with Gasteiger partial charge in [0.25, 0.3) is 0 Å². The van der Waals surface area contributed by atoms with Crippen molar-refractivity contribution in [2.24, 2.45) is 5.92 Å². The van der Waals surface area contributed by atoms with Gasteiger partial charge in [0.05, 0.1) is 11.8 Å². The molecule has 0 bridgehead atoms. The number of nitrogens with zero attached hydrogens (tertiary/aromatic N) is 1. The maximum absolute atomic E-state index is 14.2. The van der Waals surface area contributed by atoms with E-state index in [1.807, 2.05) is 25.7 Å². The van der Waals surface area contributed by atoms with E-state index in [1.165, 1.54) is 6.07 Å². The molecule has 1 aliphatic carbocycles. The van der Waals surface area contributed by atoms with E-state index in [0.717, 1.165) is 12.8 Å². The van der Waals surface area contributed by atoms with Gasteiger partial charge in [-0.15, -0.1) is 0 Å². The van der Waals surface area contributed by atoms with E-state index in [1.54, 1.807) is 12.1 Å². The first-order valence-electron chi connectivity index (χ1n) is 8.35. The Hall–Kier alpha value is -1.78. The third kappa shape index (κ3) is 4.60. The Balaban J connectivity index is 2.09. The molecule has 128 valence electrons. The lowest BCUT2D eigenvalue weighted by atomic mass is 10.0. The first-order valence-corrected chi connectivity index (χ1v) is 8.35. The number of carbonyl (C=O) groups excluding carboxylic acids is 1. The number of benzene rings is 1. The molecule has 1 aromatic carbocycles. The number of hydrogen-bond donors (Lipinski definition) is 1.